The largest absolute Gasteiger partial charge is 0.378 e. The molecular weight excluding hydrogens is 222 g/mol. The standard InChI is InChI=1S/C13H18ClNO/c1-10(2)12-4-3-11(14)9-13(12)15-5-7-16-8-6-15/h3-4,9-10H,5-8H2,1-2H3. The molecule has 3 heteroatoms. The minimum Gasteiger partial charge on any atom is -0.378 e. The number of halogens is 1. The van der Waals surface area contributed by atoms with Gasteiger partial charge in [-0.25, -0.2) is 0 Å². The van der Waals surface area contributed by atoms with E-state index in [1.165, 1.54) is 11.3 Å². The maximum absolute atomic E-state index is 6.08. The highest BCUT2D eigenvalue weighted by molar-refractivity contribution is 6.30. The fourth-order valence-electron chi connectivity index (χ4n) is 2.08. The van der Waals surface area contributed by atoms with Crippen LogP contribution in [0.25, 0.3) is 0 Å². The lowest BCUT2D eigenvalue weighted by Crippen LogP contribution is -2.36. The van der Waals surface area contributed by atoms with Crippen LogP contribution in [0.1, 0.15) is 25.3 Å². The number of anilines is 1. The van der Waals surface area contributed by atoms with Crippen LogP contribution in [0.2, 0.25) is 5.02 Å². The Bertz CT molecular complexity index is 359. The second kappa shape index (κ2) is 5.07. The van der Waals surface area contributed by atoms with E-state index in [0.29, 0.717) is 5.92 Å². The molecule has 0 bridgehead atoms. The molecule has 16 heavy (non-hydrogen) atoms. The summed E-state index contributed by atoms with van der Waals surface area (Å²) in [7, 11) is 0. The highest BCUT2D eigenvalue weighted by Gasteiger charge is 2.16. The first-order valence-electron chi connectivity index (χ1n) is 5.80. The number of morpholine rings is 1. The highest BCUT2D eigenvalue weighted by Crippen LogP contribution is 2.30. The van der Waals surface area contributed by atoms with Crippen molar-refractivity contribution >= 4 is 17.3 Å². The van der Waals surface area contributed by atoms with Crippen LogP contribution in [0.5, 0.6) is 0 Å². The molecule has 1 heterocycles. The summed E-state index contributed by atoms with van der Waals surface area (Å²) in [4.78, 5) is 2.37. The van der Waals surface area contributed by atoms with Gasteiger partial charge < -0.3 is 9.64 Å². The van der Waals surface area contributed by atoms with Crippen molar-refractivity contribution in [2.45, 2.75) is 19.8 Å². The maximum Gasteiger partial charge on any atom is 0.0642 e. The summed E-state index contributed by atoms with van der Waals surface area (Å²) < 4.78 is 5.38. The molecule has 0 unspecified atom stereocenters. The normalized spacial score (nSPS) is 16.9. The van der Waals surface area contributed by atoms with Crippen molar-refractivity contribution in [3.05, 3.63) is 28.8 Å². The first-order valence-corrected chi connectivity index (χ1v) is 6.18. The van der Waals surface area contributed by atoms with Gasteiger partial charge in [-0.15, -0.1) is 0 Å². The summed E-state index contributed by atoms with van der Waals surface area (Å²) in [5.74, 6) is 0.523. The lowest BCUT2D eigenvalue weighted by Gasteiger charge is -2.31. The molecule has 0 aromatic heterocycles. The lowest BCUT2D eigenvalue weighted by atomic mass is 10.0. The van der Waals surface area contributed by atoms with Gasteiger partial charge in [-0.2, -0.15) is 0 Å². The molecule has 1 saturated heterocycles. The van der Waals surface area contributed by atoms with E-state index in [2.05, 4.69) is 30.9 Å². The number of nitrogens with zero attached hydrogens (tertiary/aromatic N) is 1. The van der Waals surface area contributed by atoms with Crippen LogP contribution in [0.3, 0.4) is 0 Å². The van der Waals surface area contributed by atoms with Crippen molar-refractivity contribution in [2.24, 2.45) is 0 Å². The molecule has 88 valence electrons. The molecule has 0 spiro atoms. The van der Waals surface area contributed by atoms with Crippen LogP contribution in [-0.2, 0) is 4.74 Å². The van der Waals surface area contributed by atoms with Crippen LogP contribution < -0.4 is 4.90 Å². The van der Waals surface area contributed by atoms with Crippen molar-refractivity contribution in [1.29, 1.82) is 0 Å². The Balaban J connectivity index is 2.32. The smallest absolute Gasteiger partial charge is 0.0642 e. The third kappa shape index (κ3) is 2.50. The van der Waals surface area contributed by atoms with E-state index in [4.69, 9.17) is 16.3 Å². The number of benzene rings is 1. The number of hydrogen-bond acceptors (Lipinski definition) is 2. The van der Waals surface area contributed by atoms with E-state index in [-0.39, 0.29) is 0 Å². The van der Waals surface area contributed by atoms with Crippen LogP contribution >= 0.6 is 11.6 Å². The van der Waals surface area contributed by atoms with E-state index < -0.39 is 0 Å². The van der Waals surface area contributed by atoms with Crippen LogP contribution in [0.4, 0.5) is 5.69 Å². The summed E-state index contributed by atoms with van der Waals surface area (Å²) in [5, 5.41) is 0.811. The van der Waals surface area contributed by atoms with Crippen molar-refractivity contribution in [2.75, 3.05) is 31.2 Å². The Morgan fingerprint density at radius 1 is 1.25 bits per heavy atom. The van der Waals surface area contributed by atoms with Gasteiger partial charge in [-0.1, -0.05) is 31.5 Å². The molecule has 0 N–H and O–H groups in total. The van der Waals surface area contributed by atoms with E-state index in [9.17, 15) is 0 Å². The molecule has 1 aromatic carbocycles. The maximum atomic E-state index is 6.08. The van der Waals surface area contributed by atoms with Gasteiger partial charge in [0.05, 0.1) is 13.2 Å². The van der Waals surface area contributed by atoms with Gasteiger partial charge >= 0.3 is 0 Å². The predicted molar refractivity (Wildman–Crippen MR) is 68.6 cm³/mol. The van der Waals surface area contributed by atoms with Gasteiger partial charge in [0.15, 0.2) is 0 Å². The molecule has 0 aliphatic carbocycles. The van der Waals surface area contributed by atoms with Gasteiger partial charge in [-0.3, -0.25) is 0 Å². The van der Waals surface area contributed by atoms with Crippen molar-refractivity contribution < 1.29 is 4.74 Å². The summed E-state index contributed by atoms with van der Waals surface area (Å²) in [6, 6.07) is 6.18. The number of rotatable bonds is 2. The second-order valence-electron chi connectivity index (χ2n) is 4.46. The van der Waals surface area contributed by atoms with E-state index in [1.807, 2.05) is 6.07 Å². The molecule has 1 fully saturated rings. The first kappa shape index (κ1) is 11.7. The Kier molecular flexibility index (Phi) is 3.72. The first-order chi connectivity index (χ1) is 7.68. The van der Waals surface area contributed by atoms with Crippen molar-refractivity contribution in [3.63, 3.8) is 0 Å². The van der Waals surface area contributed by atoms with E-state index in [0.717, 1.165) is 31.3 Å². The molecular formula is C13H18ClNO. The fourth-order valence-corrected chi connectivity index (χ4v) is 2.25. The Morgan fingerprint density at radius 2 is 1.94 bits per heavy atom. The van der Waals surface area contributed by atoms with Gasteiger partial charge in [0.25, 0.3) is 0 Å². The molecule has 0 atom stereocenters. The van der Waals surface area contributed by atoms with Crippen molar-refractivity contribution in [3.8, 4) is 0 Å². The Morgan fingerprint density at radius 3 is 2.56 bits per heavy atom. The van der Waals surface area contributed by atoms with E-state index >= 15 is 0 Å². The predicted octanol–water partition coefficient (Wildman–Crippen LogP) is 3.30. The zero-order chi connectivity index (χ0) is 11.5. The Labute approximate surface area is 102 Å². The third-order valence-electron chi connectivity index (χ3n) is 2.97. The quantitative estimate of drug-likeness (QED) is 0.785. The van der Waals surface area contributed by atoms with Crippen LogP contribution in [0.15, 0.2) is 18.2 Å². The number of ether oxygens (including phenoxy) is 1. The molecule has 1 aromatic rings. The Hall–Kier alpha value is -0.730. The molecule has 2 nitrogen and oxygen atoms in total. The summed E-state index contributed by atoms with van der Waals surface area (Å²) in [6.07, 6.45) is 0. The average Bonchev–Trinajstić information content (AvgIpc) is 2.29. The highest BCUT2D eigenvalue weighted by atomic mass is 35.5. The molecule has 0 amide bonds. The number of hydrogen-bond donors (Lipinski definition) is 0. The fraction of sp³-hybridized carbons (Fsp3) is 0.538. The second-order valence-corrected chi connectivity index (χ2v) is 4.89. The minimum absolute atomic E-state index is 0.523. The molecule has 0 saturated carbocycles. The SMILES string of the molecule is CC(C)c1ccc(Cl)cc1N1CCOCC1. The lowest BCUT2D eigenvalue weighted by molar-refractivity contribution is 0.122. The van der Waals surface area contributed by atoms with Gasteiger partial charge in [-0.05, 0) is 23.6 Å². The summed E-state index contributed by atoms with van der Waals surface area (Å²) in [6.45, 7) is 7.97. The van der Waals surface area contributed by atoms with Gasteiger partial charge in [0.1, 0.15) is 0 Å². The molecule has 1 aliphatic rings. The van der Waals surface area contributed by atoms with Crippen molar-refractivity contribution in [1.82, 2.24) is 0 Å². The zero-order valence-electron chi connectivity index (χ0n) is 9.87. The van der Waals surface area contributed by atoms with Crippen LogP contribution in [0, 0.1) is 0 Å². The zero-order valence-corrected chi connectivity index (χ0v) is 10.6. The molecule has 1 aliphatic heterocycles. The average molecular weight is 240 g/mol. The molecule has 0 radical (unpaired) electrons. The minimum atomic E-state index is 0.523. The third-order valence-corrected chi connectivity index (χ3v) is 3.20. The van der Waals surface area contributed by atoms with Crippen LogP contribution in [-0.4, -0.2) is 26.3 Å². The van der Waals surface area contributed by atoms with Gasteiger partial charge in [0, 0.05) is 23.8 Å². The monoisotopic (exact) mass is 239 g/mol. The topological polar surface area (TPSA) is 12.5 Å². The summed E-state index contributed by atoms with van der Waals surface area (Å²) >= 11 is 6.08. The molecule has 2 rings (SSSR count). The van der Waals surface area contributed by atoms with Gasteiger partial charge in [0.2, 0.25) is 0 Å². The van der Waals surface area contributed by atoms with E-state index in [1.54, 1.807) is 0 Å². The summed E-state index contributed by atoms with van der Waals surface area (Å²) in [5.41, 5.74) is 2.64.